The van der Waals surface area contributed by atoms with Crippen LogP contribution in [0.5, 0.6) is 0 Å². The third-order valence-electron chi connectivity index (χ3n) is 15.9. The molecule has 4 saturated heterocycles. The van der Waals surface area contributed by atoms with E-state index in [0.717, 1.165) is 0 Å². The maximum atomic E-state index is 13.6. The van der Waals surface area contributed by atoms with Gasteiger partial charge < -0.3 is 150 Å². The van der Waals surface area contributed by atoms with Crippen molar-refractivity contribution in [1.82, 2.24) is 26.6 Å². The first-order chi connectivity index (χ1) is 37.0. The Kier molecular flexibility index (Phi) is 21.8. The van der Waals surface area contributed by atoms with Gasteiger partial charge >= 0.3 is 5.97 Å². The summed E-state index contributed by atoms with van der Waals surface area (Å²) in [6.07, 6.45) is -42.1. The average molecular weight is 1150 g/mol. The molecule has 0 bridgehead atoms. The number of aliphatic hydroxyl groups is 15. The number of hydrogen-bond donors (Lipinski definition) is 25. The van der Waals surface area contributed by atoms with Crippen LogP contribution in [-0.4, -0.2) is 315 Å². The lowest BCUT2D eigenvalue weighted by molar-refractivity contribution is -0.221. The van der Waals surface area contributed by atoms with Crippen molar-refractivity contribution < 1.29 is 129 Å². The fourth-order valence-electron chi connectivity index (χ4n) is 10.7. The molecule has 4 heterocycles. The first-order valence-electron chi connectivity index (χ1n) is 25.4. The maximum Gasteiger partial charge on any atom is 0.334 e. The number of ether oxygens (including phenoxy) is 4. The molecule has 6 rings (SSSR count). The van der Waals surface area contributed by atoms with Crippen LogP contribution in [0.1, 0.15) is 12.8 Å². The number of amides is 5. The van der Waals surface area contributed by atoms with Crippen LogP contribution in [-0.2, 0) is 47.7 Å². The minimum absolute atomic E-state index is 0.0828. The summed E-state index contributed by atoms with van der Waals surface area (Å²) < 4.78 is 22.0. The van der Waals surface area contributed by atoms with Crippen LogP contribution < -0.4 is 49.5 Å². The summed E-state index contributed by atoms with van der Waals surface area (Å²) in [4.78, 5) is 78.3. The van der Waals surface area contributed by atoms with E-state index in [1.807, 2.05) is 0 Å². The molecule has 0 aromatic heterocycles. The van der Waals surface area contributed by atoms with Gasteiger partial charge in [-0.15, -0.1) is 0 Å². The molecule has 2 saturated carbocycles. The molecule has 6 fully saturated rings. The van der Waals surface area contributed by atoms with Crippen molar-refractivity contribution in [3.8, 4) is 0 Å². The summed E-state index contributed by atoms with van der Waals surface area (Å²) in [5.41, 5.74) is 23.4. The molecule has 0 aromatic carbocycles. The number of nitrogens with one attached hydrogen (secondary N) is 5. The van der Waals surface area contributed by atoms with Gasteiger partial charge in [-0.1, -0.05) is 0 Å². The lowest BCUT2D eigenvalue weighted by Gasteiger charge is -2.43. The molecule has 20 unspecified atom stereocenters. The van der Waals surface area contributed by atoms with E-state index in [9.17, 15) is 110 Å². The Hall–Kier alpha value is -4.10. The van der Waals surface area contributed by atoms with Crippen molar-refractivity contribution in [2.75, 3.05) is 39.3 Å². The van der Waals surface area contributed by atoms with Gasteiger partial charge in [0.15, 0.2) is 24.4 Å². The van der Waals surface area contributed by atoms with Crippen LogP contribution in [0, 0.1) is 23.7 Å². The standard InChI is InChI=1S/C44H75N9O26/c45-3-9-1-12(22(56)30(64)20(9)54)40(70)49-4-10-2-11(17(46)27(61)21(10)55)39(69)50-5-15-25(59)31(65)33(67)37(78-15)42(72)52-6-13-23(57)28(62)18(47)35(76-13)41(71)51-8-16-26(60)32(66)34(68)38(79-16)43(73)53-7-14-24(58)29(63)19(48)36(77-14)44(74)75/h9-38,54-68H,1-8,45-48H2,(H,49,70)(H,50,69)(H,51,71)(H,52,72)(H,53,73)(H,74,75)/t9?,10-,11-,12-,13-,14-,15-,16-,17?,18?,19?,20?,21?,22?,23?,24?,25?,26?,27?,28?,29?,30?,31?,32?,33?,34?,35-,36?,37-,38-/m1/s1. The largest absolute Gasteiger partial charge is 0.479 e. The second-order valence-corrected chi connectivity index (χ2v) is 21.0. The predicted octanol–water partition coefficient (Wildman–Crippen LogP) is -16.7. The number of aliphatic carboxylic acids is 1. The molecule has 79 heavy (non-hydrogen) atoms. The summed E-state index contributed by atoms with van der Waals surface area (Å²) in [6.45, 7) is -3.28. The molecule has 6 aliphatic rings. The zero-order chi connectivity index (χ0) is 58.8. The zero-order valence-electron chi connectivity index (χ0n) is 42.0. The van der Waals surface area contributed by atoms with Gasteiger partial charge in [0, 0.05) is 50.6 Å². The quantitative estimate of drug-likeness (QED) is 0.0643. The third-order valence-corrected chi connectivity index (χ3v) is 15.9. The molecule has 452 valence electrons. The number of carboxylic acids is 1. The Balaban J connectivity index is 1.00. The monoisotopic (exact) mass is 1150 g/mol. The van der Waals surface area contributed by atoms with E-state index in [-0.39, 0.29) is 25.9 Å². The van der Waals surface area contributed by atoms with E-state index in [2.05, 4.69) is 26.6 Å². The second kappa shape index (κ2) is 26.9. The third kappa shape index (κ3) is 13.7. The van der Waals surface area contributed by atoms with Gasteiger partial charge in [0.2, 0.25) is 11.8 Å². The van der Waals surface area contributed by atoms with Crippen LogP contribution in [0.15, 0.2) is 0 Å². The highest BCUT2D eigenvalue weighted by Gasteiger charge is 2.53. The molecular weight excluding hydrogens is 1070 g/mol. The number of nitrogens with two attached hydrogens (primary N) is 4. The molecule has 30 atom stereocenters. The molecular formula is C44H75N9O26. The fourth-order valence-corrected chi connectivity index (χ4v) is 10.7. The molecule has 5 amide bonds. The van der Waals surface area contributed by atoms with E-state index in [1.54, 1.807) is 0 Å². The Bertz CT molecular complexity index is 2130. The van der Waals surface area contributed by atoms with Crippen LogP contribution in [0.4, 0.5) is 0 Å². The first-order valence-corrected chi connectivity index (χ1v) is 25.4. The Labute approximate surface area is 448 Å². The van der Waals surface area contributed by atoms with Gasteiger partial charge in [-0.05, 0) is 19.4 Å². The maximum absolute atomic E-state index is 13.6. The number of aliphatic hydroxyl groups excluding tert-OH is 15. The normalized spacial score (nSPS) is 46.5. The number of carbonyl (C=O) groups excluding carboxylic acids is 5. The summed E-state index contributed by atoms with van der Waals surface area (Å²) in [5, 5.41) is 180. The Morgan fingerprint density at radius 2 is 0.658 bits per heavy atom. The summed E-state index contributed by atoms with van der Waals surface area (Å²) in [5.74, 6) is -11.0. The first kappa shape index (κ1) is 64.1. The number of carboxylic acid groups (broad SMARTS) is 1. The number of carbonyl (C=O) groups is 6. The van der Waals surface area contributed by atoms with Gasteiger partial charge in [0.05, 0.1) is 48.3 Å². The fraction of sp³-hybridized carbons (Fsp3) is 0.864. The minimum atomic E-state index is -2.12. The van der Waals surface area contributed by atoms with E-state index >= 15 is 0 Å². The van der Waals surface area contributed by atoms with Gasteiger partial charge in [-0.2, -0.15) is 0 Å². The van der Waals surface area contributed by atoms with E-state index in [4.69, 9.17) is 41.9 Å². The molecule has 35 heteroatoms. The minimum Gasteiger partial charge on any atom is -0.479 e. The smallest absolute Gasteiger partial charge is 0.334 e. The second-order valence-electron chi connectivity index (χ2n) is 21.0. The molecule has 0 radical (unpaired) electrons. The molecule has 29 N–H and O–H groups in total. The van der Waals surface area contributed by atoms with Crippen molar-refractivity contribution >= 4 is 35.5 Å². The molecule has 35 nitrogen and oxygen atoms in total. The van der Waals surface area contributed by atoms with E-state index in [1.165, 1.54) is 0 Å². The van der Waals surface area contributed by atoms with Gasteiger partial charge in [-0.3, -0.25) is 24.0 Å². The van der Waals surface area contributed by atoms with Crippen LogP contribution in [0.2, 0.25) is 0 Å². The Morgan fingerprint density at radius 3 is 1.10 bits per heavy atom. The SMILES string of the molecule is NCC1C[C@@H](C(=O)NC[C@H]2C[C@@H](C(=O)NC[C@H]3O[C@@H](C(=O)NC[C@H]4O[C@@H](C(=O)NC[C@H]5O[C@@H](C(=O)NC[C@H]6OC(C(=O)O)C(N)C(O)C6O)C(O)C(O)C5O)C(N)C(O)C4O)C(O)C(O)C3O)C(N)C(O)C2O)C(O)C(O)C1O. The van der Waals surface area contributed by atoms with Crippen molar-refractivity contribution in [3.63, 3.8) is 0 Å². The zero-order valence-corrected chi connectivity index (χ0v) is 42.0. The van der Waals surface area contributed by atoms with Crippen molar-refractivity contribution in [2.24, 2.45) is 46.6 Å². The van der Waals surface area contributed by atoms with Crippen molar-refractivity contribution in [3.05, 3.63) is 0 Å². The van der Waals surface area contributed by atoms with Crippen LogP contribution in [0.25, 0.3) is 0 Å². The van der Waals surface area contributed by atoms with Crippen LogP contribution >= 0.6 is 0 Å². The predicted molar refractivity (Wildman–Crippen MR) is 254 cm³/mol. The van der Waals surface area contributed by atoms with Crippen molar-refractivity contribution in [2.45, 2.75) is 171 Å². The molecule has 0 aromatic rings. The van der Waals surface area contributed by atoms with Gasteiger partial charge in [0.1, 0.15) is 91.6 Å². The van der Waals surface area contributed by atoms with Crippen molar-refractivity contribution in [1.29, 1.82) is 0 Å². The average Bonchev–Trinajstić information content (AvgIpc) is 3.43. The highest BCUT2D eigenvalue weighted by molar-refractivity contribution is 5.84. The number of hydrogen-bond acceptors (Lipinski definition) is 29. The molecule has 0 spiro atoms. The highest BCUT2D eigenvalue weighted by atomic mass is 16.6. The summed E-state index contributed by atoms with van der Waals surface area (Å²) >= 11 is 0. The Morgan fingerprint density at radius 1 is 0.342 bits per heavy atom. The van der Waals surface area contributed by atoms with Crippen LogP contribution in [0.3, 0.4) is 0 Å². The summed E-state index contributed by atoms with van der Waals surface area (Å²) in [7, 11) is 0. The van der Waals surface area contributed by atoms with Gasteiger partial charge in [-0.25, -0.2) is 4.79 Å². The van der Waals surface area contributed by atoms with Gasteiger partial charge in [0.25, 0.3) is 17.7 Å². The van der Waals surface area contributed by atoms with E-state index in [0.29, 0.717) is 0 Å². The lowest BCUT2D eigenvalue weighted by Crippen LogP contribution is -2.68. The topological polar surface area (TPSA) is 627 Å². The molecule has 2 aliphatic carbocycles. The number of rotatable bonds is 17. The lowest BCUT2D eigenvalue weighted by atomic mass is 9.73. The highest BCUT2D eigenvalue weighted by Crippen LogP contribution is 2.33. The molecule has 4 aliphatic heterocycles. The van der Waals surface area contributed by atoms with E-state index < -0.39 is 244 Å². The summed E-state index contributed by atoms with van der Waals surface area (Å²) in [6, 6.07) is -4.59.